The predicted molar refractivity (Wildman–Crippen MR) is 83.2 cm³/mol. The average Bonchev–Trinajstić information content (AvgIpc) is 2.70. The van der Waals surface area contributed by atoms with Gasteiger partial charge in [0.25, 0.3) is 5.91 Å². The molecule has 3 N–H and O–H groups in total. The lowest BCUT2D eigenvalue weighted by molar-refractivity contribution is 0.102. The Morgan fingerprint density at radius 1 is 1.37 bits per heavy atom. The Balaban J connectivity index is 2.29. The number of amides is 1. The van der Waals surface area contributed by atoms with E-state index >= 15 is 0 Å². The Kier molecular flexibility index (Phi) is 4.24. The first-order valence-corrected chi connectivity index (χ1v) is 7.47. The van der Waals surface area contributed by atoms with E-state index in [-0.39, 0.29) is 5.91 Å². The van der Waals surface area contributed by atoms with Gasteiger partial charge in [0.1, 0.15) is 6.07 Å². The highest BCUT2D eigenvalue weighted by Gasteiger charge is 2.15. The molecule has 0 fully saturated rings. The summed E-state index contributed by atoms with van der Waals surface area (Å²) in [5, 5.41) is 11.7. The topological polar surface area (TPSA) is 78.9 Å². The summed E-state index contributed by atoms with van der Waals surface area (Å²) < 4.78 is 1.58. The molecule has 0 saturated heterocycles. The Hall–Kier alpha value is -1.36. The number of hydrogen-bond donors (Lipinski definition) is 2. The molecule has 1 aromatic heterocycles. The van der Waals surface area contributed by atoms with Gasteiger partial charge in [0, 0.05) is 5.69 Å². The standard InChI is InChI=1S/C12H7Br2N3OS/c13-10-4-8(11(14)19-10)12(18)17-9-2-1-7(16)3-6(9)5-15/h1-4H,16H2,(H,17,18). The SMILES string of the molecule is N#Cc1cc(N)ccc1NC(=O)c1cc(Br)sc1Br. The number of carbonyl (C=O) groups excluding carboxylic acids is 1. The lowest BCUT2D eigenvalue weighted by Gasteiger charge is -2.07. The first kappa shape index (κ1) is 14.1. The van der Waals surface area contributed by atoms with E-state index in [9.17, 15) is 4.79 Å². The van der Waals surface area contributed by atoms with Crippen molar-refractivity contribution in [3.8, 4) is 6.07 Å². The maximum absolute atomic E-state index is 12.1. The molecule has 2 aromatic rings. The second-order valence-electron chi connectivity index (χ2n) is 3.61. The van der Waals surface area contributed by atoms with Gasteiger partial charge < -0.3 is 11.1 Å². The van der Waals surface area contributed by atoms with Gasteiger partial charge in [-0.15, -0.1) is 11.3 Å². The van der Waals surface area contributed by atoms with Gasteiger partial charge >= 0.3 is 0 Å². The van der Waals surface area contributed by atoms with Crippen molar-refractivity contribution in [3.05, 3.63) is 43.0 Å². The molecule has 0 spiro atoms. The molecule has 2 rings (SSSR count). The number of nitrogens with two attached hydrogens (primary N) is 1. The van der Waals surface area contributed by atoms with Gasteiger partial charge in [-0.2, -0.15) is 5.26 Å². The number of carbonyl (C=O) groups is 1. The lowest BCUT2D eigenvalue weighted by Crippen LogP contribution is -2.12. The van der Waals surface area contributed by atoms with Crippen LogP contribution in [0.5, 0.6) is 0 Å². The molecule has 1 heterocycles. The number of hydrogen-bond acceptors (Lipinski definition) is 4. The molecular formula is C12H7Br2N3OS. The Morgan fingerprint density at radius 2 is 2.11 bits per heavy atom. The minimum atomic E-state index is -0.282. The van der Waals surface area contributed by atoms with E-state index in [1.165, 1.54) is 17.4 Å². The third-order valence-corrected chi connectivity index (χ3v) is 4.65. The van der Waals surface area contributed by atoms with Crippen molar-refractivity contribution in [2.75, 3.05) is 11.1 Å². The summed E-state index contributed by atoms with van der Waals surface area (Å²) in [5.74, 6) is -0.282. The lowest BCUT2D eigenvalue weighted by atomic mass is 10.1. The number of nitrogen functional groups attached to an aromatic ring is 1. The van der Waals surface area contributed by atoms with Gasteiger partial charge in [-0.3, -0.25) is 4.79 Å². The zero-order chi connectivity index (χ0) is 14.0. The van der Waals surface area contributed by atoms with E-state index in [2.05, 4.69) is 37.2 Å². The summed E-state index contributed by atoms with van der Waals surface area (Å²) in [4.78, 5) is 12.1. The highest BCUT2D eigenvalue weighted by molar-refractivity contribution is 9.12. The van der Waals surface area contributed by atoms with E-state index < -0.39 is 0 Å². The number of nitrogens with zero attached hydrogens (tertiary/aromatic N) is 1. The summed E-state index contributed by atoms with van der Waals surface area (Å²) in [7, 11) is 0. The fourth-order valence-corrected chi connectivity index (χ4v) is 4.24. The molecular weight excluding hydrogens is 394 g/mol. The summed E-state index contributed by atoms with van der Waals surface area (Å²) >= 11 is 8.04. The van der Waals surface area contributed by atoms with Crippen molar-refractivity contribution >= 4 is 60.5 Å². The Morgan fingerprint density at radius 3 is 2.68 bits per heavy atom. The number of anilines is 2. The van der Waals surface area contributed by atoms with E-state index in [1.807, 2.05) is 6.07 Å². The number of benzene rings is 1. The van der Waals surface area contributed by atoms with Crippen LogP contribution in [0.25, 0.3) is 0 Å². The molecule has 0 radical (unpaired) electrons. The summed E-state index contributed by atoms with van der Waals surface area (Å²) in [6.45, 7) is 0. The molecule has 0 aliphatic carbocycles. The van der Waals surface area contributed by atoms with Gasteiger partial charge in [0.05, 0.1) is 24.4 Å². The molecule has 1 amide bonds. The van der Waals surface area contributed by atoms with Gasteiger partial charge in [0.2, 0.25) is 0 Å². The smallest absolute Gasteiger partial charge is 0.257 e. The third kappa shape index (κ3) is 3.15. The van der Waals surface area contributed by atoms with Gasteiger partial charge in [-0.05, 0) is 56.1 Å². The number of nitriles is 1. The van der Waals surface area contributed by atoms with Crippen molar-refractivity contribution in [2.24, 2.45) is 0 Å². The molecule has 19 heavy (non-hydrogen) atoms. The fraction of sp³-hybridized carbons (Fsp3) is 0. The zero-order valence-electron chi connectivity index (χ0n) is 9.41. The number of halogens is 2. The second kappa shape index (κ2) is 5.74. The van der Waals surface area contributed by atoms with E-state index in [0.29, 0.717) is 22.5 Å². The minimum absolute atomic E-state index is 0.282. The monoisotopic (exact) mass is 399 g/mol. The van der Waals surface area contributed by atoms with Crippen LogP contribution in [0, 0.1) is 11.3 Å². The highest BCUT2D eigenvalue weighted by atomic mass is 79.9. The quantitative estimate of drug-likeness (QED) is 0.748. The number of thiophene rings is 1. The molecule has 0 unspecified atom stereocenters. The van der Waals surface area contributed by atoms with Crippen molar-refractivity contribution in [2.45, 2.75) is 0 Å². The molecule has 0 aliphatic rings. The van der Waals surface area contributed by atoms with Crippen LogP contribution in [-0.2, 0) is 0 Å². The van der Waals surface area contributed by atoms with Crippen LogP contribution < -0.4 is 11.1 Å². The molecule has 0 atom stereocenters. The van der Waals surface area contributed by atoms with Crippen LogP contribution in [0.3, 0.4) is 0 Å². The molecule has 4 nitrogen and oxygen atoms in total. The van der Waals surface area contributed by atoms with Gasteiger partial charge in [0.15, 0.2) is 0 Å². The van der Waals surface area contributed by atoms with Crippen LogP contribution in [0.4, 0.5) is 11.4 Å². The summed E-state index contributed by atoms with van der Waals surface area (Å²) in [5.41, 5.74) is 7.36. The summed E-state index contributed by atoms with van der Waals surface area (Å²) in [6.07, 6.45) is 0. The fourth-order valence-electron chi connectivity index (χ4n) is 1.45. The molecule has 96 valence electrons. The molecule has 1 aromatic carbocycles. The van der Waals surface area contributed by atoms with Crippen LogP contribution >= 0.6 is 43.2 Å². The Labute approximate surface area is 130 Å². The molecule has 0 aliphatic heterocycles. The number of rotatable bonds is 2. The van der Waals surface area contributed by atoms with Crippen molar-refractivity contribution in [3.63, 3.8) is 0 Å². The minimum Gasteiger partial charge on any atom is -0.399 e. The van der Waals surface area contributed by atoms with E-state index in [4.69, 9.17) is 11.0 Å². The molecule has 7 heteroatoms. The number of nitrogens with one attached hydrogen (secondary N) is 1. The zero-order valence-corrected chi connectivity index (χ0v) is 13.4. The largest absolute Gasteiger partial charge is 0.399 e. The van der Waals surface area contributed by atoms with Crippen molar-refractivity contribution in [1.29, 1.82) is 5.26 Å². The normalized spacial score (nSPS) is 9.95. The second-order valence-corrected chi connectivity index (χ2v) is 7.36. The maximum Gasteiger partial charge on any atom is 0.257 e. The first-order valence-electron chi connectivity index (χ1n) is 5.07. The van der Waals surface area contributed by atoms with E-state index in [0.717, 1.165) is 7.57 Å². The van der Waals surface area contributed by atoms with Crippen molar-refractivity contribution in [1.82, 2.24) is 0 Å². The van der Waals surface area contributed by atoms with Gasteiger partial charge in [-0.1, -0.05) is 0 Å². The first-order chi connectivity index (χ1) is 9.01. The highest BCUT2D eigenvalue weighted by Crippen LogP contribution is 2.32. The molecule has 0 saturated carbocycles. The van der Waals surface area contributed by atoms with Crippen LogP contribution in [0.15, 0.2) is 31.8 Å². The van der Waals surface area contributed by atoms with E-state index in [1.54, 1.807) is 18.2 Å². The third-order valence-electron chi connectivity index (χ3n) is 2.31. The average molecular weight is 401 g/mol. The van der Waals surface area contributed by atoms with Crippen LogP contribution in [0.2, 0.25) is 0 Å². The summed E-state index contributed by atoms with van der Waals surface area (Å²) in [6, 6.07) is 8.48. The predicted octanol–water partition coefficient (Wildman–Crippen LogP) is 3.98. The Bertz CT molecular complexity index is 691. The molecule has 0 bridgehead atoms. The van der Waals surface area contributed by atoms with Crippen molar-refractivity contribution < 1.29 is 4.79 Å². The maximum atomic E-state index is 12.1. The van der Waals surface area contributed by atoms with Crippen LogP contribution in [0.1, 0.15) is 15.9 Å². The van der Waals surface area contributed by atoms with Gasteiger partial charge in [-0.25, -0.2) is 0 Å². The van der Waals surface area contributed by atoms with Crippen LogP contribution in [-0.4, -0.2) is 5.91 Å².